The molecule has 6 nitrogen and oxygen atoms in total. The van der Waals surface area contributed by atoms with Gasteiger partial charge >= 0.3 is 11.9 Å². The first-order valence-corrected chi connectivity index (χ1v) is 5.61. The lowest BCUT2D eigenvalue weighted by Gasteiger charge is -2.06. The molecule has 0 rings (SSSR count). The zero-order chi connectivity index (χ0) is 13.8. The first-order valence-electron chi connectivity index (χ1n) is 5.61. The predicted octanol–water partition coefficient (Wildman–Crippen LogP) is 0.969. The first kappa shape index (κ1) is 16.1. The second kappa shape index (κ2) is 10.3. The maximum absolute atomic E-state index is 11.1. The quantitative estimate of drug-likeness (QED) is 0.264. The molecule has 0 radical (unpaired) electrons. The van der Waals surface area contributed by atoms with Gasteiger partial charge in [0.15, 0.2) is 6.61 Å². The van der Waals surface area contributed by atoms with Crippen LogP contribution in [0.15, 0.2) is 12.2 Å². The van der Waals surface area contributed by atoms with Crippen LogP contribution in [-0.2, 0) is 23.8 Å². The number of unbranched alkanes of at least 4 members (excludes halogenated alkanes) is 1. The molecular formula is C12H17NO5. The van der Waals surface area contributed by atoms with Crippen LogP contribution in [-0.4, -0.2) is 38.4 Å². The Balaban J connectivity index is 3.52. The van der Waals surface area contributed by atoms with Crippen LogP contribution in [0.1, 0.15) is 19.8 Å². The van der Waals surface area contributed by atoms with Gasteiger partial charge in [0.1, 0.15) is 18.2 Å². The average Bonchev–Trinajstić information content (AvgIpc) is 2.38. The lowest BCUT2D eigenvalue weighted by Crippen LogP contribution is -2.19. The van der Waals surface area contributed by atoms with Crippen molar-refractivity contribution in [1.82, 2.24) is 0 Å². The van der Waals surface area contributed by atoms with Gasteiger partial charge in [0.2, 0.25) is 0 Å². The zero-order valence-corrected chi connectivity index (χ0v) is 10.4. The molecule has 0 aliphatic rings. The standard InChI is InChI=1S/C12H17NO5/c1-3-4-5-16-6-7-17-11(14)9-18-12(15)10(2)8-13/h2-7,9H2,1H3. The Hall–Kier alpha value is -1.87. The summed E-state index contributed by atoms with van der Waals surface area (Å²) < 4.78 is 14.4. The number of nitrogens with zero attached hydrogens (tertiary/aromatic N) is 1. The molecule has 0 aromatic carbocycles. The topological polar surface area (TPSA) is 85.6 Å². The third kappa shape index (κ3) is 8.30. The lowest BCUT2D eigenvalue weighted by atomic mass is 10.3. The first-order chi connectivity index (χ1) is 8.61. The minimum Gasteiger partial charge on any atom is -0.461 e. The van der Waals surface area contributed by atoms with Gasteiger partial charge in [-0.25, -0.2) is 9.59 Å². The SMILES string of the molecule is C=C(C#N)C(=O)OCC(=O)OCCOCCCC. The van der Waals surface area contributed by atoms with E-state index in [1.807, 2.05) is 6.92 Å². The van der Waals surface area contributed by atoms with Crippen molar-refractivity contribution in [2.75, 3.05) is 26.4 Å². The molecule has 0 unspecified atom stereocenters. The predicted molar refractivity (Wildman–Crippen MR) is 62.4 cm³/mol. The molecule has 100 valence electrons. The molecule has 0 bridgehead atoms. The summed E-state index contributed by atoms with van der Waals surface area (Å²) >= 11 is 0. The fourth-order valence-electron chi connectivity index (χ4n) is 0.862. The highest BCUT2D eigenvalue weighted by molar-refractivity contribution is 5.93. The van der Waals surface area contributed by atoms with Gasteiger partial charge < -0.3 is 14.2 Å². The molecule has 6 heteroatoms. The van der Waals surface area contributed by atoms with Crippen LogP contribution in [0.2, 0.25) is 0 Å². The number of hydrogen-bond acceptors (Lipinski definition) is 6. The van der Waals surface area contributed by atoms with Crippen LogP contribution >= 0.6 is 0 Å². The number of rotatable bonds is 9. The van der Waals surface area contributed by atoms with E-state index < -0.39 is 18.5 Å². The molecule has 0 fully saturated rings. The normalized spacial score (nSPS) is 9.33. The van der Waals surface area contributed by atoms with Gasteiger partial charge in [-0.15, -0.1) is 0 Å². The summed E-state index contributed by atoms with van der Waals surface area (Å²) in [6.45, 7) is 5.71. The Kier molecular flexibility index (Phi) is 9.23. The molecule has 0 aromatic heterocycles. The van der Waals surface area contributed by atoms with E-state index in [0.29, 0.717) is 13.2 Å². The highest BCUT2D eigenvalue weighted by Crippen LogP contribution is 1.93. The molecule has 0 atom stereocenters. The molecule has 0 saturated carbocycles. The molecule has 0 aliphatic heterocycles. The molecule has 18 heavy (non-hydrogen) atoms. The van der Waals surface area contributed by atoms with Crippen molar-refractivity contribution >= 4 is 11.9 Å². The maximum Gasteiger partial charge on any atom is 0.348 e. The summed E-state index contributed by atoms with van der Waals surface area (Å²) in [4.78, 5) is 22.0. The molecule has 0 spiro atoms. The summed E-state index contributed by atoms with van der Waals surface area (Å²) in [5.41, 5.74) is -0.356. The summed E-state index contributed by atoms with van der Waals surface area (Å²) in [5, 5.41) is 8.33. The van der Waals surface area contributed by atoms with E-state index in [1.165, 1.54) is 6.07 Å². The number of nitriles is 1. The highest BCUT2D eigenvalue weighted by atomic mass is 16.6. The largest absolute Gasteiger partial charge is 0.461 e. The Morgan fingerprint density at radius 1 is 1.22 bits per heavy atom. The van der Waals surface area contributed by atoms with Crippen molar-refractivity contribution in [2.45, 2.75) is 19.8 Å². The fraction of sp³-hybridized carbons (Fsp3) is 0.583. The van der Waals surface area contributed by atoms with Crippen LogP contribution in [0.4, 0.5) is 0 Å². The smallest absolute Gasteiger partial charge is 0.348 e. The minimum atomic E-state index is -0.923. The third-order valence-electron chi connectivity index (χ3n) is 1.84. The van der Waals surface area contributed by atoms with Crippen molar-refractivity contribution < 1.29 is 23.8 Å². The van der Waals surface area contributed by atoms with Gasteiger partial charge in [0, 0.05) is 6.61 Å². The van der Waals surface area contributed by atoms with Crippen LogP contribution in [0.25, 0.3) is 0 Å². The molecule has 0 saturated heterocycles. The lowest BCUT2D eigenvalue weighted by molar-refractivity contribution is -0.157. The Labute approximate surface area is 106 Å². The maximum atomic E-state index is 11.1. The number of ether oxygens (including phenoxy) is 3. The molecule has 0 N–H and O–H groups in total. The van der Waals surface area contributed by atoms with Gasteiger partial charge in [-0.2, -0.15) is 5.26 Å². The van der Waals surface area contributed by atoms with Crippen molar-refractivity contribution in [2.24, 2.45) is 0 Å². The number of esters is 2. The fourth-order valence-corrected chi connectivity index (χ4v) is 0.862. The Morgan fingerprint density at radius 2 is 1.94 bits per heavy atom. The summed E-state index contributed by atoms with van der Waals surface area (Å²) in [6.07, 6.45) is 2.00. The van der Waals surface area contributed by atoms with Gasteiger partial charge in [-0.05, 0) is 6.42 Å². The number of carbonyl (C=O) groups is 2. The van der Waals surface area contributed by atoms with E-state index >= 15 is 0 Å². The van der Waals surface area contributed by atoms with Crippen LogP contribution in [0.3, 0.4) is 0 Å². The van der Waals surface area contributed by atoms with E-state index in [1.54, 1.807) is 0 Å². The van der Waals surface area contributed by atoms with Crippen LogP contribution in [0.5, 0.6) is 0 Å². The Bertz CT molecular complexity index is 332. The minimum absolute atomic E-state index is 0.110. The molecule has 0 aliphatic carbocycles. The van der Waals surface area contributed by atoms with Crippen molar-refractivity contribution in [3.63, 3.8) is 0 Å². The highest BCUT2D eigenvalue weighted by Gasteiger charge is 2.11. The van der Waals surface area contributed by atoms with Gasteiger partial charge in [-0.3, -0.25) is 0 Å². The molecule has 0 aromatic rings. The van der Waals surface area contributed by atoms with Crippen molar-refractivity contribution in [3.05, 3.63) is 12.2 Å². The zero-order valence-electron chi connectivity index (χ0n) is 10.4. The van der Waals surface area contributed by atoms with Crippen molar-refractivity contribution in [1.29, 1.82) is 5.26 Å². The van der Waals surface area contributed by atoms with E-state index in [2.05, 4.69) is 11.3 Å². The van der Waals surface area contributed by atoms with E-state index in [-0.39, 0.29) is 12.2 Å². The van der Waals surface area contributed by atoms with Gasteiger partial charge in [-0.1, -0.05) is 19.9 Å². The third-order valence-corrected chi connectivity index (χ3v) is 1.84. The second-order valence-electron chi connectivity index (χ2n) is 3.35. The van der Waals surface area contributed by atoms with Crippen LogP contribution in [0, 0.1) is 11.3 Å². The van der Waals surface area contributed by atoms with Crippen molar-refractivity contribution in [3.8, 4) is 6.07 Å². The van der Waals surface area contributed by atoms with Crippen LogP contribution < -0.4 is 0 Å². The van der Waals surface area contributed by atoms with E-state index in [9.17, 15) is 9.59 Å². The molecular weight excluding hydrogens is 238 g/mol. The molecule has 0 amide bonds. The van der Waals surface area contributed by atoms with E-state index in [0.717, 1.165) is 12.8 Å². The number of hydrogen-bond donors (Lipinski definition) is 0. The Morgan fingerprint density at radius 3 is 2.56 bits per heavy atom. The summed E-state index contributed by atoms with van der Waals surface area (Å²) in [6, 6.07) is 1.52. The van der Waals surface area contributed by atoms with E-state index in [4.69, 9.17) is 14.7 Å². The number of carbonyl (C=O) groups excluding carboxylic acids is 2. The van der Waals surface area contributed by atoms with Gasteiger partial charge in [0.05, 0.1) is 6.61 Å². The van der Waals surface area contributed by atoms with Gasteiger partial charge in [0.25, 0.3) is 0 Å². The molecule has 0 heterocycles. The second-order valence-corrected chi connectivity index (χ2v) is 3.35. The monoisotopic (exact) mass is 255 g/mol. The summed E-state index contributed by atoms with van der Waals surface area (Å²) in [7, 11) is 0. The summed E-state index contributed by atoms with van der Waals surface area (Å²) in [5.74, 6) is -1.61. The average molecular weight is 255 g/mol.